The van der Waals surface area contributed by atoms with Gasteiger partial charge in [-0.3, -0.25) is 0 Å². The average Bonchev–Trinajstić information content (AvgIpc) is 2.29. The predicted octanol–water partition coefficient (Wildman–Crippen LogP) is 1.83. The van der Waals surface area contributed by atoms with Gasteiger partial charge in [0, 0.05) is 11.5 Å². The molecule has 0 saturated heterocycles. The molecule has 2 rings (SSSR count). The van der Waals surface area contributed by atoms with Crippen molar-refractivity contribution in [3.8, 4) is 0 Å². The minimum atomic E-state index is -0.456. The zero-order valence-corrected chi connectivity index (χ0v) is 9.01. The summed E-state index contributed by atoms with van der Waals surface area (Å²) >= 11 is 0. The van der Waals surface area contributed by atoms with Gasteiger partial charge in [0.1, 0.15) is 0 Å². The van der Waals surface area contributed by atoms with Gasteiger partial charge in [0.05, 0.1) is 6.61 Å². The van der Waals surface area contributed by atoms with E-state index >= 15 is 0 Å². The van der Waals surface area contributed by atoms with Gasteiger partial charge in [-0.1, -0.05) is 28.3 Å². The van der Waals surface area contributed by atoms with Crippen molar-refractivity contribution in [1.29, 1.82) is 0 Å². The summed E-state index contributed by atoms with van der Waals surface area (Å²) in [6.45, 7) is 2.13. The lowest BCUT2D eigenvalue weighted by molar-refractivity contribution is -0.641. The molecule has 2 aromatic rings. The van der Waals surface area contributed by atoms with E-state index in [0.29, 0.717) is 6.61 Å². The second kappa shape index (κ2) is 4.61. The number of pyridine rings is 1. The molecule has 82 valence electrons. The maximum atomic E-state index is 11.2. The number of nitrogens with one attached hydrogen (secondary N) is 1. The van der Waals surface area contributed by atoms with Crippen molar-refractivity contribution in [2.24, 2.45) is 0 Å². The Bertz CT molecular complexity index is 511. The van der Waals surface area contributed by atoms with Gasteiger partial charge in [0.25, 0.3) is 0 Å². The van der Waals surface area contributed by atoms with Crippen LogP contribution >= 0.6 is 0 Å². The van der Waals surface area contributed by atoms with Gasteiger partial charge in [-0.15, -0.1) is 0 Å². The highest BCUT2D eigenvalue weighted by Gasteiger charge is 2.08. The Morgan fingerprint density at radius 3 is 2.81 bits per heavy atom. The van der Waals surface area contributed by atoms with Gasteiger partial charge >= 0.3 is 6.09 Å². The number of rotatable bonds is 2. The number of hydrogen-bond donors (Lipinski definition) is 1. The van der Waals surface area contributed by atoms with Crippen molar-refractivity contribution < 1.29 is 14.2 Å². The van der Waals surface area contributed by atoms with Crippen molar-refractivity contribution in [3.05, 3.63) is 42.7 Å². The van der Waals surface area contributed by atoms with Crippen molar-refractivity contribution >= 4 is 16.9 Å². The van der Waals surface area contributed by atoms with E-state index in [2.05, 4.69) is 5.43 Å². The topological polar surface area (TPSA) is 42.2 Å². The molecule has 1 aromatic carbocycles. The molecular formula is C12H13N2O2+. The highest BCUT2D eigenvalue weighted by Crippen LogP contribution is 2.08. The Balaban J connectivity index is 2.22. The summed E-state index contributed by atoms with van der Waals surface area (Å²) in [7, 11) is 0. The van der Waals surface area contributed by atoms with Crippen LogP contribution in [0, 0.1) is 0 Å². The molecule has 1 aromatic heterocycles. The Hall–Kier alpha value is -2.10. The van der Waals surface area contributed by atoms with Crippen LogP contribution in [0.1, 0.15) is 6.92 Å². The van der Waals surface area contributed by atoms with Crippen LogP contribution in [0.2, 0.25) is 0 Å². The van der Waals surface area contributed by atoms with Crippen LogP contribution in [0.25, 0.3) is 10.8 Å². The zero-order valence-electron chi connectivity index (χ0n) is 9.01. The molecule has 0 saturated carbocycles. The quantitative estimate of drug-likeness (QED) is 0.780. The van der Waals surface area contributed by atoms with E-state index in [1.54, 1.807) is 17.8 Å². The Kier molecular flexibility index (Phi) is 3.00. The van der Waals surface area contributed by atoms with Gasteiger partial charge in [0.15, 0.2) is 0 Å². The SMILES string of the molecule is CCOC(=O)N[n+]1ccc2ccccc2c1. The summed E-state index contributed by atoms with van der Waals surface area (Å²) in [4.78, 5) is 11.2. The molecule has 1 amide bonds. The number of ether oxygens (including phenoxy) is 1. The van der Waals surface area contributed by atoms with E-state index in [9.17, 15) is 4.79 Å². The third kappa shape index (κ3) is 2.28. The van der Waals surface area contributed by atoms with Crippen LogP contribution in [0.5, 0.6) is 0 Å². The van der Waals surface area contributed by atoms with E-state index < -0.39 is 6.09 Å². The van der Waals surface area contributed by atoms with Crippen molar-refractivity contribution in [1.82, 2.24) is 0 Å². The summed E-state index contributed by atoms with van der Waals surface area (Å²) in [5, 5.41) is 2.19. The molecule has 4 heteroatoms. The zero-order chi connectivity index (χ0) is 11.4. The van der Waals surface area contributed by atoms with E-state index in [1.165, 1.54) is 0 Å². The molecular weight excluding hydrogens is 204 g/mol. The normalized spacial score (nSPS) is 10.1. The van der Waals surface area contributed by atoms with Crippen LogP contribution in [0.3, 0.4) is 0 Å². The van der Waals surface area contributed by atoms with Crippen molar-refractivity contribution in [2.75, 3.05) is 12.0 Å². The molecule has 0 radical (unpaired) electrons. The smallest absolute Gasteiger partial charge is 0.446 e. The van der Waals surface area contributed by atoms with Crippen LogP contribution in [0.4, 0.5) is 4.79 Å². The molecule has 0 unspecified atom stereocenters. The number of hydrogen-bond acceptors (Lipinski definition) is 2. The molecule has 0 spiro atoms. The molecule has 0 atom stereocenters. The lowest BCUT2D eigenvalue weighted by atomic mass is 10.2. The van der Waals surface area contributed by atoms with Gasteiger partial charge in [-0.2, -0.15) is 0 Å². The highest BCUT2D eigenvalue weighted by atomic mass is 16.5. The maximum Gasteiger partial charge on any atom is 0.461 e. The van der Waals surface area contributed by atoms with Crippen molar-refractivity contribution in [3.63, 3.8) is 0 Å². The van der Waals surface area contributed by atoms with Crippen LogP contribution in [-0.4, -0.2) is 12.7 Å². The monoisotopic (exact) mass is 217 g/mol. The molecule has 1 N–H and O–H groups in total. The largest absolute Gasteiger partial charge is 0.461 e. The first-order chi connectivity index (χ1) is 7.79. The molecule has 0 fully saturated rings. The first kappa shape index (κ1) is 10.4. The molecule has 0 bridgehead atoms. The van der Waals surface area contributed by atoms with Crippen LogP contribution in [-0.2, 0) is 4.74 Å². The highest BCUT2D eigenvalue weighted by molar-refractivity contribution is 5.80. The summed E-state index contributed by atoms with van der Waals surface area (Å²) in [5.74, 6) is 0. The standard InChI is InChI=1S/C12H12N2O2/c1-2-16-12(15)13-14-8-7-10-5-3-4-6-11(10)9-14/h3-9H,2H2,1H3/p+1. The van der Waals surface area contributed by atoms with Crippen molar-refractivity contribution in [2.45, 2.75) is 6.92 Å². The molecule has 4 nitrogen and oxygen atoms in total. The third-order valence-electron chi connectivity index (χ3n) is 2.18. The number of nitrogens with zero attached hydrogens (tertiary/aromatic N) is 1. The molecule has 0 aliphatic carbocycles. The second-order valence-corrected chi connectivity index (χ2v) is 3.31. The fraction of sp³-hybridized carbons (Fsp3) is 0.167. The Morgan fingerprint density at radius 1 is 1.31 bits per heavy atom. The lowest BCUT2D eigenvalue weighted by Crippen LogP contribution is -2.47. The van der Waals surface area contributed by atoms with Gasteiger partial charge in [-0.05, 0) is 18.4 Å². The molecule has 0 aliphatic rings. The number of amides is 1. The van der Waals surface area contributed by atoms with E-state index in [-0.39, 0.29) is 0 Å². The number of aromatic nitrogens is 1. The van der Waals surface area contributed by atoms with E-state index in [4.69, 9.17) is 4.74 Å². The fourth-order valence-corrected chi connectivity index (χ4v) is 1.47. The number of carbonyl (C=O) groups is 1. The van der Waals surface area contributed by atoms with Crippen LogP contribution < -0.4 is 10.1 Å². The van der Waals surface area contributed by atoms with E-state index in [0.717, 1.165) is 10.8 Å². The summed E-state index contributed by atoms with van der Waals surface area (Å²) in [6, 6.07) is 9.87. The molecule has 16 heavy (non-hydrogen) atoms. The first-order valence-corrected chi connectivity index (χ1v) is 5.13. The Morgan fingerprint density at radius 2 is 2.06 bits per heavy atom. The predicted molar refractivity (Wildman–Crippen MR) is 60.5 cm³/mol. The third-order valence-corrected chi connectivity index (χ3v) is 2.18. The maximum absolute atomic E-state index is 11.2. The molecule has 0 aliphatic heterocycles. The van der Waals surface area contributed by atoms with Gasteiger partial charge < -0.3 is 4.74 Å². The van der Waals surface area contributed by atoms with Crippen LogP contribution in [0.15, 0.2) is 42.7 Å². The summed E-state index contributed by atoms with van der Waals surface area (Å²) in [5.41, 5.74) is 2.59. The second-order valence-electron chi connectivity index (χ2n) is 3.31. The number of fused-ring (bicyclic) bond motifs is 1. The first-order valence-electron chi connectivity index (χ1n) is 5.13. The summed E-state index contributed by atoms with van der Waals surface area (Å²) < 4.78 is 6.37. The summed E-state index contributed by atoms with van der Waals surface area (Å²) in [6.07, 6.45) is 3.16. The number of benzene rings is 1. The fourth-order valence-electron chi connectivity index (χ4n) is 1.47. The average molecular weight is 217 g/mol. The Labute approximate surface area is 93.4 Å². The number of carbonyl (C=O) groups excluding carboxylic acids is 1. The minimum Gasteiger partial charge on any atom is -0.446 e. The molecule has 1 heterocycles. The minimum absolute atomic E-state index is 0.361. The lowest BCUT2D eigenvalue weighted by Gasteiger charge is -2.00. The van der Waals surface area contributed by atoms with Gasteiger partial charge in [0.2, 0.25) is 12.4 Å². The van der Waals surface area contributed by atoms with E-state index in [1.807, 2.05) is 36.5 Å². The van der Waals surface area contributed by atoms with Gasteiger partial charge in [-0.25, -0.2) is 4.79 Å².